The number of morpholine rings is 1. The second kappa shape index (κ2) is 6.31. The molecule has 118 valence electrons. The number of nitrogens with zero attached hydrogens (tertiary/aromatic N) is 3. The first-order valence-electron chi connectivity index (χ1n) is 7.33. The van der Waals surface area contributed by atoms with Crippen molar-refractivity contribution in [3.05, 3.63) is 30.1 Å². The average Bonchev–Trinajstić information content (AvgIpc) is 2.90. The van der Waals surface area contributed by atoms with Crippen LogP contribution >= 0.6 is 0 Å². The van der Waals surface area contributed by atoms with Gasteiger partial charge >= 0.3 is 6.03 Å². The molecule has 0 atom stereocenters. The highest BCUT2D eigenvalue weighted by molar-refractivity contribution is 5.96. The second-order valence-electron chi connectivity index (χ2n) is 5.33. The molecule has 0 saturated carbocycles. The molecule has 0 aromatic heterocycles. The quantitative estimate of drug-likeness (QED) is 0.835. The van der Waals surface area contributed by atoms with Gasteiger partial charge < -0.3 is 14.5 Å². The highest BCUT2D eigenvalue weighted by atomic mass is 19.1. The Morgan fingerprint density at radius 3 is 2.45 bits per heavy atom. The van der Waals surface area contributed by atoms with Gasteiger partial charge in [-0.2, -0.15) is 0 Å². The topological polar surface area (TPSA) is 53.1 Å². The van der Waals surface area contributed by atoms with E-state index in [-0.39, 0.29) is 24.3 Å². The van der Waals surface area contributed by atoms with Gasteiger partial charge in [0.1, 0.15) is 12.4 Å². The van der Waals surface area contributed by atoms with Crippen molar-refractivity contribution >= 4 is 17.6 Å². The summed E-state index contributed by atoms with van der Waals surface area (Å²) in [6.07, 6.45) is 0. The number of hydrogen-bond donors (Lipinski definition) is 0. The molecule has 0 spiro atoms. The normalized spacial score (nSPS) is 19.0. The van der Waals surface area contributed by atoms with Crippen LogP contribution in [0.15, 0.2) is 24.3 Å². The Morgan fingerprint density at radius 2 is 1.77 bits per heavy atom. The number of hydrogen-bond acceptors (Lipinski definition) is 3. The molecule has 22 heavy (non-hydrogen) atoms. The van der Waals surface area contributed by atoms with E-state index >= 15 is 0 Å². The molecule has 2 aliphatic rings. The van der Waals surface area contributed by atoms with Crippen molar-refractivity contribution in [2.24, 2.45) is 0 Å². The molecule has 2 heterocycles. The third-order valence-corrected chi connectivity index (χ3v) is 3.92. The Morgan fingerprint density at radius 1 is 1.09 bits per heavy atom. The number of amides is 3. The van der Waals surface area contributed by atoms with Crippen LogP contribution in [0.1, 0.15) is 0 Å². The molecule has 0 N–H and O–H groups in total. The van der Waals surface area contributed by atoms with Crippen molar-refractivity contribution < 1.29 is 18.7 Å². The Hall–Kier alpha value is -2.15. The predicted molar refractivity (Wildman–Crippen MR) is 78.1 cm³/mol. The van der Waals surface area contributed by atoms with Gasteiger partial charge in [0, 0.05) is 31.9 Å². The molecule has 0 unspecified atom stereocenters. The van der Waals surface area contributed by atoms with E-state index in [1.807, 2.05) is 0 Å². The molecule has 3 amide bonds. The SMILES string of the molecule is O=C(CN1CCN(c2ccc(F)cc2)C1=O)N1CCOCC1. The number of carbonyl (C=O) groups is 2. The number of anilines is 1. The first kappa shape index (κ1) is 14.8. The molecule has 7 heteroatoms. The van der Waals surface area contributed by atoms with E-state index in [0.717, 1.165) is 0 Å². The molecular formula is C15H18FN3O3. The molecule has 0 bridgehead atoms. The number of carbonyl (C=O) groups excluding carboxylic acids is 2. The summed E-state index contributed by atoms with van der Waals surface area (Å²) in [5.74, 6) is -0.396. The fourth-order valence-corrected chi connectivity index (χ4v) is 2.67. The lowest BCUT2D eigenvalue weighted by Crippen LogP contribution is -2.46. The van der Waals surface area contributed by atoms with Crippen molar-refractivity contribution in [3.63, 3.8) is 0 Å². The summed E-state index contributed by atoms with van der Waals surface area (Å²) >= 11 is 0. The maximum absolute atomic E-state index is 13.0. The molecule has 1 aromatic carbocycles. The van der Waals surface area contributed by atoms with E-state index in [9.17, 15) is 14.0 Å². The van der Waals surface area contributed by atoms with Gasteiger partial charge in [0.05, 0.1) is 13.2 Å². The maximum atomic E-state index is 13.0. The average molecular weight is 307 g/mol. The third kappa shape index (κ3) is 3.04. The van der Waals surface area contributed by atoms with Crippen LogP contribution in [-0.4, -0.2) is 67.7 Å². The standard InChI is InChI=1S/C15H18FN3O3/c16-12-1-3-13(4-2-12)19-6-5-18(15(19)21)11-14(20)17-7-9-22-10-8-17/h1-4H,5-11H2. The molecule has 6 nitrogen and oxygen atoms in total. The first-order chi connectivity index (χ1) is 10.6. The summed E-state index contributed by atoms with van der Waals surface area (Å²) in [6, 6.07) is 5.57. The van der Waals surface area contributed by atoms with Crippen LogP contribution in [0.4, 0.5) is 14.9 Å². The minimum absolute atomic E-state index is 0.0578. The summed E-state index contributed by atoms with van der Waals surface area (Å²) < 4.78 is 18.2. The zero-order valence-electron chi connectivity index (χ0n) is 12.2. The Balaban J connectivity index is 1.61. The van der Waals surface area contributed by atoms with E-state index in [1.165, 1.54) is 17.0 Å². The van der Waals surface area contributed by atoms with Gasteiger partial charge in [-0.3, -0.25) is 9.69 Å². The van der Waals surface area contributed by atoms with Crippen LogP contribution < -0.4 is 4.90 Å². The van der Waals surface area contributed by atoms with Crippen LogP contribution in [-0.2, 0) is 9.53 Å². The molecule has 2 aliphatic heterocycles. The molecule has 3 rings (SSSR count). The number of urea groups is 1. The summed E-state index contributed by atoms with van der Waals surface area (Å²) in [4.78, 5) is 29.4. The van der Waals surface area contributed by atoms with Crippen LogP contribution in [0.5, 0.6) is 0 Å². The van der Waals surface area contributed by atoms with Crippen molar-refractivity contribution in [2.45, 2.75) is 0 Å². The van der Waals surface area contributed by atoms with Crippen molar-refractivity contribution in [1.29, 1.82) is 0 Å². The smallest absolute Gasteiger partial charge is 0.325 e. The lowest BCUT2D eigenvalue weighted by atomic mass is 10.3. The Kier molecular flexibility index (Phi) is 4.24. The Labute approximate surface area is 128 Å². The number of ether oxygens (including phenoxy) is 1. The van der Waals surface area contributed by atoms with Gasteiger partial charge in [-0.1, -0.05) is 0 Å². The van der Waals surface area contributed by atoms with Crippen molar-refractivity contribution in [1.82, 2.24) is 9.80 Å². The second-order valence-corrected chi connectivity index (χ2v) is 5.33. The van der Waals surface area contributed by atoms with Gasteiger partial charge in [0.2, 0.25) is 5.91 Å². The highest BCUT2D eigenvalue weighted by Gasteiger charge is 2.32. The zero-order chi connectivity index (χ0) is 15.5. The van der Waals surface area contributed by atoms with Crippen LogP contribution in [0, 0.1) is 5.82 Å². The summed E-state index contributed by atoms with van der Waals surface area (Å²) in [5, 5.41) is 0. The number of halogens is 1. The Bertz CT molecular complexity index is 558. The maximum Gasteiger partial charge on any atom is 0.325 e. The van der Waals surface area contributed by atoms with Crippen molar-refractivity contribution in [3.8, 4) is 0 Å². The lowest BCUT2D eigenvalue weighted by Gasteiger charge is -2.28. The molecule has 2 fully saturated rings. The molecule has 0 radical (unpaired) electrons. The fraction of sp³-hybridized carbons (Fsp3) is 0.467. The largest absolute Gasteiger partial charge is 0.378 e. The van der Waals surface area contributed by atoms with E-state index in [1.54, 1.807) is 21.9 Å². The monoisotopic (exact) mass is 307 g/mol. The van der Waals surface area contributed by atoms with Gasteiger partial charge in [0.15, 0.2) is 0 Å². The summed E-state index contributed by atoms with van der Waals surface area (Å²) in [7, 11) is 0. The van der Waals surface area contributed by atoms with E-state index in [4.69, 9.17) is 4.74 Å². The zero-order valence-corrected chi connectivity index (χ0v) is 12.2. The fourth-order valence-electron chi connectivity index (χ4n) is 2.67. The predicted octanol–water partition coefficient (Wildman–Crippen LogP) is 0.927. The van der Waals surface area contributed by atoms with E-state index < -0.39 is 0 Å². The van der Waals surface area contributed by atoms with Crippen LogP contribution in [0.2, 0.25) is 0 Å². The minimum atomic E-state index is -0.338. The molecule has 2 saturated heterocycles. The summed E-state index contributed by atoms with van der Waals surface area (Å²) in [6.45, 7) is 3.30. The molecule has 0 aliphatic carbocycles. The van der Waals surface area contributed by atoms with Gasteiger partial charge in [-0.25, -0.2) is 9.18 Å². The van der Waals surface area contributed by atoms with Crippen LogP contribution in [0.3, 0.4) is 0 Å². The number of rotatable bonds is 3. The van der Waals surface area contributed by atoms with Gasteiger partial charge in [-0.15, -0.1) is 0 Å². The van der Waals surface area contributed by atoms with Gasteiger partial charge in [0.25, 0.3) is 0 Å². The van der Waals surface area contributed by atoms with Crippen LogP contribution in [0.25, 0.3) is 0 Å². The first-order valence-corrected chi connectivity index (χ1v) is 7.33. The number of benzene rings is 1. The minimum Gasteiger partial charge on any atom is -0.378 e. The lowest BCUT2D eigenvalue weighted by molar-refractivity contribution is -0.135. The highest BCUT2D eigenvalue weighted by Crippen LogP contribution is 2.20. The third-order valence-electron chi connectivity index (χ3n) is 3.92. The van der Waals surface area contributed by atoms with E-state index in [2.05, 4.69) is 0 Å². The van der Waals surface area contributed by atoms with Crippen molar-refractivity contribution in [2.75, 3.05) is 50.8 Å². The van der Waals surface area contributed by atoms with Gasteiger partial charge in [-0.05, 0) is 24.3 Å². The molecule has 1 aromatic rings. The van der Waals surface area contributed by atoms with E-state index in [0.29, 0.717) is 45.1 Å². The summed E-state index contributed by atoms with van der Waals surface area (Å²) in [5.41, 5.74) is 0.646. The molecular weight excluding hydrogens is 289 g/mol.